The minimum atomic E-state index is 0. The Morgan fingerprint density at radius 3 is 2.30 bits per heavy atom. The molecule has 0 N–H and O–H groups in total. The fraction of sp³-hybridized carbons (Fsp3) is 0.875. The van der Waals surface area contributed by atoms with E-state index in [9.17, 15) is 0 Å². The molecule has 0 atom stereocenters. The first-order valence-electron chi connectivity index (χ1n) is 3.93. The molecule has 10 heavy (non-hydrogen) atoms. The molecule has 0 aromatic rings. The van der Waals surface area contributed by atoms with Gasteiger partial charge in [-0.05, 0) is 32.4 Å². The van der Waals surface area contributed by atoms with E-state index >= 15 is 0 Å². The third-order valence-corrected chi connectivity index (χ3v) is 1.89. The molecule has 0 aliphatic carbocycles. The monoisotopic (exact) mass is 150 g/mol. The second-order valence-corrected chi connectivity index (χ2v) is 2.77. The van der Waals surface area contributed by atoms with Crippen LogP contribution in [0.5, 0.6) is 0 Å². The van der Waals surface area contributed by atoms with Crippen LogP contribution in [0, 0.1) is 6.42 Å². The first-order chi connectivity index (χ1) is 4.43. The van der Waals surface area contributed by atoms with Gasteiger partial charge in [-0.25, -0.2) is 0 Å². The topological polar surface area (TPSA) is 3.24 Å². The van der Waals surface area contributed by atoms with E-state index < -0.39 is 0 Å². The van der Waals surface area contributed by atoms with E-state index in [0.29, 0.717) is 0 Å². The summed E-state index contributed by atoms with van der Waals surface area (Å²) in [5.74, 6) is 0. The van der Waals surface area contributed by atoms with Gasteiger partial charge >= 0.3 is 29.6 Å². The van der Waals surface area contributed by atoms with Gasteiger partial charge in [-0.1, -0.05) is 13.3 Å². The summed E-state index contributed by atoms with van der Waals surface area (Å²) in [5.41, 5.74) is 0. The van der Waals surface area contributed by atoms with Crippen LogP contribution >= 0.6 is 0 Å². The van der Waals surface area contributed by atoms with Crippen molar-refractivity contribution in [2.45, 2.75) is 26.2 Å². The normalized spacial score (nSPS) is 20.1. The van der Waals surface area contributed by atoms with Gasteiger partial charge in [-0.15, -0.1) is 0 Å². The summed E-state index contributed by atoms with van der Waals surface area (Å²) in [6.45, 7) is 5.98. The van der Waals surface area contributed by atoms with Gasteiger partial charge in [0.1, 0.15) is 0 Å². The Hall–Kier alpha value is 0.960. The van der Waals surface area contributed by atoms with E-state index in [2.05, 4.69) is 18.2 Å². The molecule has 0 amide bonds. The molecule has 1 fully saturated rings. The van der Waals surface area contributed by atoms with Crippen LogP contribution in [0.15, 0.2) is 0 Å². The summed E-state index contributed by atoms with van der Waals surface area (Å²) >= 11 is 0. The van der Waals surface area contributed by atoms with E-state index in [0.717, 1.165) is 0 Å². The molecule has 1 nitrogen and oxygen atoms in total. The van der Waals surface area contributed by atoms with Gasteiger partial charge in [0.15, 0.2) is 0 Å². The molecule has 55 valence electrons. The maximum atomic E-state index is 2.52. The number of hydrogen-bond acceptors (Lipinski definition) is 1. The zero-order valence-electron chi connectivity index (χ0n) is 6.27. The molecule has 1 heterocycles. The molecule has 0 unspecified atom stereocenters. The molecule has 0 bridgehead atoms. The molecule has 0 aromatic carbocycles. The van der Waals surface area contributed by atoms with Crippen LogP contribution in [0.4, 0.5) is 0 Å². The third-order valence-electron chi connectivity index (χ3n) is 1.89. The third kappa shape index (κ3) is 3.97. The second kappa shape index (κ2) is 6.66. The second-order valence-electron chi connectivity index (χ2n) is 2.77. The Bertz CT molecular complexity index is 66.9. The summed E-state index contributed by atoms with van der Waals surface area (Å²) in [7, 11) is 0. The Morgan fingerprint density at radius 2 is 1.80 bits per heavy atom. The maximum absolute atomic E-state index is 2.52. The van der Waals surface area contributed by atoms with Crippen LogP contribution < -0.4 is 0 Å². The predicted octanol–water partition coefficient (Wildman–Crippen LogP) is 1.05. The molecular formula is C8H17NNa. The van der Waals surface area contributed by atoms with Crippen LogP contribution in [0.25, 0.3) is 0 Å². The van der Waals surface area contributed by atoms with Gasteiger partial charge in [0.05, 0.1) is 0 Å². The molecule has 1 aliphatic rings. The predicted molar refractivity (Wildman–Crippen MR) is 47.4 cm³/mol. The van der Waals surface area contributed by atoms with Crippen molar-refractivity contribution in [1.29, 1.82) is 0 Å². The minimum absolute atomic E-state index is 0. The average Bonchev–Trinajstić information content (AvgIpc) is 1.91. The van der Waals surface area contributed by atoms with Gasteiger partial charge in [0.2, 0.25) is 0 Å². The Labute approximate surface area is 86.5 Å². The number of piperidine rings is 1. The Morgan fingerprint density at radius 1 is 1.20 bits per heavy atom. The van der Waals surface area contributed by atoms with E-state index in [4.69, 9.17) is 0 Å². The van der Waals surface area contributed by atoms with E-state index in [-0.39, 0.29) is 29.6 Å². The molecule has 1 aliphatic heterocycles. The Kier molecular flexibility index (Phi) is 7.30. The summed E-state index contributed by atoms with van der Waals surface area (Å²) in [6, 6.07) is 0. The van der Waals surface area contributed by atoms with Gasteiger partial charge in [0, 0.05) is 6.54 Å². The van der Waals surface area contributed by atoms with Crippen molar-refractivity contribution in [2.75, 3.05) is 19.6 Å². The standard InChI is InChI=1S/C8H16N.Na.H/c1-2-6-9-7-4-3-5-8-9;;/h2H,3-8H2,1H3;;. The van der Waals surface area contributed by atoms with Gasteiger partial charge in [0.25, 0.3) is 0 Å². The molecule has 1 rings (SSSR count). The molecule has 0 saturated carbocycles. The fourth-order valence-electron chi connectivity index (χ4n) is 1.40. The molecule has 0 spiro atoms. The van der Waals surface area contributed by atoms with Crippen LogP contribution in [-0.2, 0) is 0 Å². The number of nitrogens with zero attached hydrogens (tertiary/aromatic N) is 1. The van der Waals surface area contributed by atoms with Crippen LogP contribution in [0.3, 0.4) is 0 Å². The fourth-order valence-corrected chi connectivity index (χ4v) is 1.40. The van der Waals surface area contributed by atoms with Gasteiger partial charge in [-0.3, -0.25) is 0 Å². The van der Waals surface area contributed by atoms with E-state index in [1.165, 1.54) is 38.9 Å². The number of rotatable bonds is 2. The SMILES string of the molecule is C[CH]CN1CCCCC1.[NaH]. The van der Waals surface area contributed by atoms with Crippen molar-refractivity contribution in [1.82, 2.24) is 4.90 Å². The van der Waals surface area contributed by atoms with Crippen molar-refractivity contribution >= 4 is 29.6 Å². The zero-order valence-corrected chi connectivity index (χ0v) is 6.27. The molecule has 2 heteroatoms. The van der Waals surface area contributed by atoms with Crippen LogP contribution in [0.1, 0.15) is 26.2 Å². The van der Waals surface area contributed by atoms with E-state index in [1.807, 2.05) is 0 Å². The van der Waals surface area contributed by atoms with Gasteiger partial charge < -0.3 is 4.90 Å². The summed E-state index contributed by atoms with van der Waals surface area (Å²) in [4.78, 5) is 2.52. The van der Waals surface area contributed by atoms with Crippen LogP contribution in [0.2, 0.25) is 0 Å². The van der Waals surface area contributed by atoms with Crippen molar-refractivity contribution in [2.24, 2.45) is 0 Å². The van der Waals surface area contributed by atoms with Crippen molar-refractivity contribution in [3.63, 3.8) is 0 Å². The molecular weight excluding hydrogens is 133 g/mol. The Balaban J connectivity index is 0.000000810. The summed E-state index contributed by atoms with van der Waals surface area (Å²) < 4.78 is 0. The van der Waals surface area contributed by atoms with Gasteiger partial charge in [-0.2, -0.15) is 0 Å². The zero-order chi connectivity index (χ0) is 6.53. The van der Waals surface area contributed by atoms with E-state index in [1.54, 1.807) is 0 Å². The first kappa shape index (κ1) is 11.0. The molecule has 1 saturated heterocycles. The summed E-state index contributed by atoms with van der Waals surface area (Å²) in [5, 5.41) is 0. The molecule has 1 radical (unpaired) electrons. The quantitative estimate of drug-likeness (QED) is 0.532. The average molecular weight is 150 g/mol. The van der Waals surface area contributed by atoms with Crippen molar-refractivity contribution in [3.8, 4) is 0 Å². The van der Waals surface area contributed by atoms with Crippen molar-refractivity contribution < 1.29 is 0 Å². The summed E-state index contributed by atoms with van der Waals surface area (Å²) in [6.07, 6.45) is 6.51. The number of likely N-dealkylation sites (tertiary alicyclic amines) is 1. The van der Waals surface area contributed by atoms with Crippen LogP contribution in [-0.4, -0.2) is 54.1 Å². The molecule has 0 aromatic heterocycles. The first-order valence-corrected chi connectivity index (χ1v) is 3.93. The van der Waals surface area contributed by atoms with Crippen molar-refractivity contribution in [3.05, 3.63) is 6.42 Å². The number of hydrogen-bond donors (Lipinski definition) is 0.